The molecule has 0 bridgehead atoms. The van der Waals surface area contributed by atoms with Gasteiger partial charge in [-0.1, -0.05) is 5.16 Å². The maximum atomic E-state index is 11.8. The Bertz CT molecular complexity index is 552. The highest BCUT2D eigenvalue weighted by atomic mass is 32.2. The molecule has 0 aliphatic carbocycles. The summed E-state index contributed by atoms with van der Waals surface area (Å²) < 4.78 is 40.5. The van der Waals surface area contributed by atoms with Gasteiger partial charge in [-0.15, -0.1) is 0 Å². The van der Waals surface area contributed by atoms with Crippen LogP contribution in [0.25, 0.3) is 0 Å². The first kappa shape index (κ1) is 17.3. The molecule has 0 unspecified atom stereocenters. The molecule has 2 rings (SSSR count). The van der Waals surface area contributed by atoms with Gasteiger partial charge in [0.2, 0.25) is 10.0 Å². The van der Waals surface area contributed by atoms with Crippen LogP contribution in [0.4, 0.5) is 0 Å². The van der Waals surface area contributed by atoms with Crippen LogP contribution >= 0.6 is 0 Å². The highest BCUT2D eigenvalue weighted by Gasteiger charge is 2.29. The van der Waals surface area contributed by atoms with Gasteiger partial charge in [0.25, 0.3) is 5.89 Å². The largest absolute Gasteiger partial charge is 0.382 e. The fourth-order valence-electron chi connectivity index (χ4n) is 2.37. The van der Waals surface area contributed by atoms with Gasteiger partial charge in [0, 0.05) is 26.1 Å². The molecular weight excluding hydrogens is 310 g/mol. The van der Waals surface area contributed by atoms with E-state index in [9.17, 15) is 8.42 Å². The zero-order valence-corrected chi connectivity index (χ0v) is 13.8. The van der Waals surface area contributed by atoms with Crippen LogP contribution in [0, 0.1) is 0 Å². The van der Waals surface area contributed by atoms with Crippen LogP contribution in [0.2, 0.25) is 0 Å². The fourth-order valence-corrected chi connectivity index (χ4v) is 3.50. The topological polar surface area (TPSA) is 94.8 Å². The molecule has 0 amide bonds. The summed E-state index contributed by atoms with van der Waals surface area (Å²) in [4.78, 5) is 4.33. The lowest BCUT2D eigenvalue weighted by molar-refractivity contribution is 0.0494. The Hall–Kier alpha value is -1.03. The predicted octanol–water partition coefficient (Wildman–Crippen LogP) is 0.762. The summed E-state index contributed by atoms with van der Waals surface area (Å²) in [6.07, 6.45) is 1.42. The fraction of sp³-hybridized carbons (Fsp3) is 0.846. The van der Waals surface area contributed by atoms with Crippen LogP contribution in [-0.2, 0) is 26.1 Å². The molecule has 0 radical (unpaired) electrons. The van der Waals surface area contributed by atoms with E-state index < -0.39 is 10.0 Å². The number of aromatic nitrogens is 2. The molecule has 0 atom stereocenters. The number of rotatable bonds is 8. The standard InChI is InChI=1S/C13H23N3O5S/c1-3-22(17,18)16-6-4-11(5-7-16)13-14-12(21-15-13)10-20-9-8-19-2/h11H,3-10H2,1-2H3. The van der Waals surface area contributed by atoms with E-state index >= 15 is 0 Å². The second-order valence-corrected chi connectivity index (χ2v) is 7.42. The quantitative estimate of drug-likeness (QED) is 0.648. The lowest BCUT2D eigenvalue weighted by Gasteiger charge is -2.29. The average Bonchev–Trinajstić information content (AvgIpc) is 3.00. The molecule has 1 aliphatic rings. The van der Waals surface area contributed by atoms with Gasteiger partial charge < -0.3 is 14.0 Å². The van der Waals surface area contributed by atoms with E-state index in [1.54, 1.807) is 18.3 Å². The number of methoxy groups -OCH3 is 1. The van der Waals surface area contributed by atoms with Crippen molar-refractivity contribution in [2.45, 2.75) is 32.3 Å². The summed E-state index contributed by atoms with van der Waals surface area (Å²) >= 11 is 0. The van der Waals surface area contributed by atoms with Crippen molar-refractivity contribution in [3.05, 3.63) is 11.7 Å². The Morgan fingerprint density at radius 3 is 2.68 bits per heavy atom. The van der Waals surface area contributed by atoms with E-state index in [0.717, 1.165) is 0 Å². The summed E-state index contributed by atoms with van der Waals surface area (Å²) in [5.74, 6) is 1.36. The minimum Gasteiger partial charge on any atom is -0.382 e. The molecule has 22 heavy (non-hydrogen) atoms. The summed E-state index contributed by atoms with van der Waals surface area (Å²) in [5, 5.41) is 3.98. The van der Waals surface area contributed by atoms with Gasteiger partial charge in [0.15, 0.2) is 5.82 Å². The molecule has 0 saturated carbocycles. The molecule has 1 aromatic heterocycles. The van der Waals surface area contributed by atoms with E-state index in [2.05, 4.69) is 10.1 Å². The Labute approximate surface area is 130 Å². The van der Waals surface area contributed by atoms with Crippen molar-refractivity contribution in [3.63, 3.8) is 0 Å². The highest BCUT2D eigenvalue weighted by Crippen LogP contribution is 2.27. The molecule has 8 nitrogen and oxygen atoms in total. The second kappa shape index (κ2) is 8.00. The summed E-state index contributed by atoms with van der Waals surface area (Å²) in [6.45, 7) is 3.94. The summed E-state index contributed by atoms with van der Waals surface area (Å²) in [6, 6.07) is 0. The third-order valence-corrected chi connectivity index (χ3v) is 5.60. The van der Waals surface area contributed by atoms with Gasteiger partial charge in [-0.2, -0.15) is 4.98 Å². The number of piperidine rings is 1. The first-order valence-electron chi connectivity index (χ1n) is 7.43. The number of sulfonamides is 1. The van der Waals surface area contributed by atoms with Crippen molar-refractivity contribution in [2.24, 2.45) is 0 Å². The van der Waals surface area contributed by atoms with Gasteiger partial charge in [-0.05, 0) is 19.8 Å². The Kier molecular flexibility index (Phi) is 6.30. The minimum atomic E-state index is -3.10. The number of hydrogen-bond donors (Lipinski definition) is 0. The molecule has 9 heteroatoms. The minimum absolute atomic E-state index is 0.139. The predicted molar refractivity (Wildman–Crippen MR) is 78.8 cm³/mol. The second-order valence-electron chi connectivity index (χ2n) is 5.17. The number of hydrogen-bond acceptors (Lipinski definition) is 7. The summed E-state index contributed by atoms with van der Waals surface area (Å²) in [5.41, 5.74) is 0. The molecule has 1 aliphatic heterocycles. The van der Waals surface area contributed by atoms with Crippen LogP contribution in [0.5, 0.6) is 0 Å². The van der Waals surface area contributed by atoms with Crippen molar-refractivity contribution in [1.29, 1.82) is 0 Å². The van der Waals surface area contributed by atoms with Crippen molar-refractivity contribution >= 4 is 10.0 Å². The zero-order valence-electron chi connectivity index (χ0n) is 13.0. The maximum Gasteiger partial charge on any atom is 0.252 e. The van der Waals surface area contributed by atoms with Crippen molar-refractivity contribution in [3.8, 4) is 0 Å². The molecule has 1 aromatic rings. The lowest BCUT2D eigenvalue weighted by Crippen LogP contribution is -2.38. The third-order valence-electron chi connectivity index (χ3n) is 3.72. The molecular formula is C13H23N3O5S. The average molecular weight is 333 g/mol. The van der Waals surface area contributed by atoms with Gasteiger partial charge in [0.05, 0.1) is 19.0 Å². The first-order chi connectivity index (χ1) is 10.6. The van der Waals surface area contributed by atoms with Crippen LogP contribution < -0.4 is 0 Å². The van der Waals surface area contributed by atoms with Crippen LogP contribution in [-0.4, -0.2) is 62.0 Å². The van der Waals surface area contributed by atoms with E-state index in [1.165, 1.54) is 0 Å². The highest BCUT2D eigenvalue weighted by molar-refractivity contribution is 7.89. The van der Waals surface area contributed by atoms with Crippen molar-refractivity contribution < 1.29 is 22.4 Å². The smallest absolute Gasteiger partial charge is 0.252 e. The van der Waals surface area contributed by atoms with Gasteiger partial charge in [-0.25, -0.2) is 12.7 Å². The SMILES string of the molecule is CCS(=O)(=O)N1CCC(c2noc(COCCOC)n2)CC1. The molecule has 1 saturated heterocycles. The van der Waals surface area contributed by atoms with Crippen molar-refractivity contribution in [1.82, 2.24) is 14.4 Å². The zero-order chi connectivity index (χ0) is 16.0. The maximum absolute atomic E-state index is 11.8. The summed E-state index contributed by atoms with van der Waals surface area (Å²) in [7, 11) is -1.49. The Balaban J connectivity index is 1.83. The van der Waals surface area contributed by atoms with E-state index in [4.69, 9.17) is 14.0 Å². The number of nitrogens with zero attached hydrogens (tertiary/aromatic N) is 3. The van der Waals surface area contributed by atoms with E-state index in [1.807, 2.05) is 0 Å². The van der Waals surface area contributed by atoms with E-state index in [0.29, 0.717) is 50.9 Å². The van der Waals surface area contributed by atoms with Crippen LogP contribution in [0.1, 0.15) is 37.4 Å². The lowest BCUT2D eigenvalue weighted by atomic mass is 9.98. The first-order valence-corrected chi connectivity index (χ1v) is 9.04. The Morgan fingerprint density at radius 2 is 2.05 bits per heavy atom. The monoisotopic (exact) mass is 333 g/mol. The van der Waals surface area contributed by atoms with E-state index in [-0.39, 0.29) is 18.3 Å². The van der Waals surface area contributed by atoms with Gasteiger partial charge in [-0.3, -0.25) is 0 Å². The molecule has 0 spiro atoms. The number of ether oxygens (including phenoxy) is 2. The van der Waals surface area contributed by atoms with Crippen molar-refractivity contribution in [2.75, 3.05) is 39.2 Å². The van der Waals surface area contributed by atoms with Gasteiger partial charge >= 0.3 is 0 Å². The van der Waals surface area contributed by atoms with Crippen LogP contribution in [0.15, 0.2) is 4.52 Å². The molecule has 126 valence electrons. The third kappa shape index (κ3) is 4.48. The molecule has 0 aromatic carbocycles. The molecule has 1 fully saturated rings. The molecule has 2 heterocycles. The molecule has 0 N–H and O–H groups in total. The normalized spacial score (nSPS) is 17.9. The van der Waals surface area contributed by atoms with Crippen LogP contribution in [0.3, 0.4) is 0 Å². The Morgan fingerprint density at radius 1 is 1.32 bits per heavy atom. The van der Waals surface area contributed by atoms with Gasteiger partial charge in [0.1, 0.15) is 6.61 Å².